The van der Waals surface area contributed by atoms with Crippen molar-refractivity contribution >= 4 is 11.8 Å². The standard InChI is InChI=1S/C34H42N2O3S/c1-5-38-32-17-13-29(23-33(32)39-6-2)34(25-35,40-31-15-10-26(3)11-16-31)19-8-7-9-20-36-21-18-27-22-30(37-4)14-12-28(27)24-36/h10-17,22-23H,5-9,18-21,24H2,1-4H3. The van der Waals surface area contributed by atoms with Crippen molar-refractivity contribution in [3.05, 3.63) is 82.9 Å². The van der Waals surface area contributed by atoms with E-state index in [1.54, 1.807) is 18.9 Å². The van der Waals surface area contributed by atoms with E-state index in [0.29, 0.717) is 19.0 Å². The zero-order valence-electron chi connectivity index (χ0n) is 24.4. The van der Waals surface area contributed by atoms with Crippen molar-refractivity contribution in [1.29, 1.82) is 5.26 Å². The van der Waals surface area contributed by atoms with Crippen LogP contribution in [-0.2, 0) is 17.7 Å². The summed E-state index contributed by atoms with van der Waals surface area (Å²) in [6.07, 6.45) is 5.02. The van der Waals surface area contributed by atoms with E-state index in [1.807, 2.05) is 32.0 Å². The predicted octanol–water partition coefficient (Wildman–Crippen LogP) is 7.93. The van der Waals surface area contributed by atoms with Crippen molar-refractivity contribution in [3.63, 3.8) is 0 Å². The summed E-state index contributed by atoms with van der Waals surface area (Å²) in [5.41, 5.74) is 5.00. The Balaban J connectivity index is 1.43. The van der Waals surface area contributed by atoms with E-state index in [1.165, 1.54) is 16.7 Å². The number of nitrogens with zero attached hydrogens (tertiary/aromatic N) is 2. The van der Waals surface area contributed by atoms with Gasteiger partial charge in [0.1, 0.15) is 10.5 Å². The molecule has 0 saturated carbocycles. The molecular formula is C34H42N2O3S. The maximum Gasteiger partial charge on any atom is 0.161 e. The van der Waals surface area contributed by atoms with Crippen molar-refractivity contribution in [2.45, 2.75) is 69.1 Å². The third-order valence-electron chi connectivity index (χ3n) is 7.51. The molecule has 6 heteroatoms. The van der Waals surface area contributed by atoms with E-state index in [9.17, 15) is 5.26 Å². The van der Waals surface area contributed by atoms with Gasteiger partial charge in [0.15, 0.2) is 11.5 Å². The second-order valence-corrected chi connectivity index (χ2v) is 11.7. The smallest absolute Gasteiger partial charge is 0.161 e. The van der Waals surface area contributed by atoms with Crippen LogP contribution in [0, 0.1) is 18.3 Å². The van der Waals surface area contributed by atoms with Crippen LogP contribution in [0.25, 0.3) is 0 Å². The lowest BCUT2D eigenvalue weighted by Gasteiger charge is -2.29. The first-order valence-electron chi connectivity index (χ1n) is 14.5. The molecule has 212 valence electrons. The minimum absolute atomic E-state index is 0.544. The van der Waals surface area contributed by atoms with Crippen molar-refractivity contribution in [3.8, 4) is 23.3 Å². The van der Waals surface area contributed by atoms with Crippen molar-refractivity contribution < 1.29 is 14.2 Å². The summed E-state index contributed by atoms with van der Waals surface area (Å²) >= 11 is 1.65. The van der Waals surface area contributed by atoms with Gasteiger partial charge in [0.05, 0.1) is 26.4 Å². The van der Waals surface area contributed by atoms with Crippen LogP contribution in [0.1, 0.15) is 61.8 Å². The Morgan fingerprint density at radius 1 is 0.900 bits per heavy atom. The molecule has 1 atom stereocenters. The number of unbranched alkanes of at least 4 members (excludes halogenated alkanes) is 2. The molecule has 1 unspecified atom stereocenters. The van der Waals surface area contributed by atoms with Crippen LogP contribution in [0.3, 0.4) is 0 Å². The number of methoxy groups -OCH3 is 1. The van der Waals surface area contributed by atoms with Crippen LogP contribution < -0.4 is 14.2 Å². The molecule has 0 fully saturated rings. The fourth-order valence-electron chi connectivity index (χ4n) is 5.30. The van der Waals surface area contributed by atoms with E-state index in [0.717, 1.165) is 73.7 Å². The average Bonchev–Trinajstić information content (AvgIpc) is 2.98. The maximum atomic E-state index is 10.7. The Labute approximate surface area is 244 Å². The zero-order chi connectivity index (χ0) is 28.4. The molecule has 4 rings (SSSR count). The largest absolute Gasteiger partial charge is 0.497 e. The topological polar surface area (TPSA) is 54.7 Å². The summed E-state index contributed by atoms with van der Waals surface area (Å²) in [7, 11) is 1.73. The van der Waals surface area contributed by atoms with E-state index in [-0.39, 0.29) is 0 Å². The molecule has 0 bridgehead atoms. The number of hydrogen-bond acceptors (Lipinski definition) is 6. The van der Waals surface area contributed by atoms with Crippen molar-refractivity contribution in [1.82, 2.24) is 4.90 Å². The molecule has 0 aliphatic carbocycles. The van der Waals surface area contributed by atoms with E-state index >= 15 is 0 Å². The molecule has 0 aromatic heterocycles. The molecule has 1 aliphatic heterocycles. The van der Waals surface area contributed by atoms with E-state index in [2.05, 4.69) is 60.4 Å². The van der Waals surface area contributed by atoms with Crippen LogP contribution in [0.4, 0.5) is 0 Å². The monoisotopic (exact) mass is 558 g/mol. The van der Waals surface area contributed by atoms with Crippen LogP contribution in [-0.4, -0.2) is 38.3 Å². The molecule has 0 spiro atoms. The highest BCUT2D eigenvalue weighted by molar-refractivity contribution is 8.00. The number of rotatable bonds is 14. The second kappa shape index (κ2) is 14.5. The number of nitriles is 1. The van der Waals surface area contributed by atoms with Crippen LogP contribution >= 0.6 is 11.8 Å². The first kappa shape index (κ1) is 29.8. The van der Waals surface area contributed by atoms with Crippen molar-refractivity contribution in [2.75, 3.05) is 33.4 Å². The lowest BCUT2D eigenvalue weighted by molar-refractivity contribution is 0.247. The van der Waals surface area contributed by atoms with Gasteiger partial charge in [-0.2, -0.15) is 5.26 Å². The second-order valence-electron chi connectivity index (χ2n) is 10.4. The van der Waals surface area contributed by atoms with Gasteiger partial charge in [-0.1, -0.05) is 54.4 Å². The van der Waals surface area contributed by atoms with Crippen LogP contribution in [0.5, 0.6) is 17.2 Å². The molecular weight excluding hydrogens is 516 g/mol. The molecule has 0 saturated heterocycles. The van der Waals surface area contributed by atoms with Gasteiger partial charge in [-0.25, -0.2) is 0 Å². The summed E-state index contributed by atoms with van der Waals surface area (Å²) < 4.78 is 16.4. The Morgan fingerprint density at radius 3 is 2.40 bits per heavy atom. The average molecular weight is 559 g/mol. The summed E-state index contributed by atoms with van der Waals surface area (Å²) in [6, 6.07) is 23.6. The first-order chi connectivity index (χ1) is 19.5. The fraction of sp³-hybridized carbons (Fsp3) is 0.441. The zero-order valence-corrected chi connectivity index (χ0v) is 25.2. The predicted molar refractivity (Wildman–Crippen MR) is 164 cm³/mol. The first-order valence-corrected chi connectivity index (χ1v) is 15.3. The van der Waals surface area contributed by atoms with Gasteiger partial charge in [0.2, 0.25) is 0 Å². The third kappa shape index (κ3) is 7.53. The molecule has 40 heavy (non-hydrogen) atoms. The van der Waals surface area contributed by atoms with Gasteiger partial charge in [0, 0.05) is 18.0 Å². The van der Waals surface area contributed by atoms with E-state index < -0.39 is 4.75 Å². The number of aryl methyl sites for hydroxylation is 1. The third-order valence-corrected chi connectivity index (χ3v) is 8.90. The minimum atomic E-state index is -0.713. The lowest BCUT2D eigenvalue weighted by Crippen LogP contribution is -2.31. The molecule has 0 N–H and O–H groups in total. The van der Waals surface area contributed by atoms with Gasteiger partial charge in [-0.05, 0) is 99.7 Å². The molecule has 3 aromatic carbocycles. The molecule has 0 radical (unpaired) electrons. The Bertz CT molecular complexity index is 1290. The maximum absolute atomic E-state index is 10.7. The van der Waals surface area contributed by atoms with Gasteiger partial charge < -0.3 is 14.2 Å². The Kier molecular flexibility index (Phi) is 10.8. The number of fused-ring (bicyclic) bond motifs is 1. The summed E-state index contributed by atoms with van der Waals surface area (Å²) in [5, 5.41) is 10.7. The number of hydrogen-bond donors (Lipinski definition) is 0. The number of benzene rings is 3. The van der Waals surface area contributed by atoms with E-state index in [4.69, 9.17) is 14.2 Å². The quantitative estimate of drug-likeness (QED) is 0.148. The van der Waals surface area contributed by atoms with Gasteiger partial charge in [0.25, 0.3) is 0 Å². The van der Waals surface area contributed by atoms with Gasteiger partial charge in [-0.3, -0.25) is 4.90 Å². The molecule has 3 aromatic rings. The highest BCUT2D eigenvalue weighted by Crippen LogP contribution is 2.47. The SMILES string of the molecule is CCOc1ccc(C(C#N)(CCCCCN2CCc3cc(OC)ccc3C2)Sc2ccc(C)cc2)cc1OCC. The minimum Gasteiger partial charge on any atom is -0.497 e. The summed E-state index contributed by atoms with van der Waals surface area (Å²) in [6.45, 7) is 10.3. The molecule has 1 aliphatic rings. The Morgan fingerprint density at radius 2 is 1.68 bits per heavy atom. The highest BCUT2D eigenvalue weighted by atomic mass is 32.2. The van der Waals surface area contributed by atoms with Crippen LogP contribution in [0.15, 0.2) is 65.6 Å². The lowest BCUT2D eigenvalue weighted by atomic mass is 9.92. The number of thioether (sulfide) groups is 1. The van der Waals surface area contributed by atoms with Gasteiger partial charge in [-0.15, -0.1) is 0 Å². The van der Waals surface area contributed by atoms with Gasteiger partial charge >= 0.3 is 0 Å². The summed E-state index contributed by atoms with van der Waals surface area (Å²) in [4.78, 5) is 3.65. The number of ether oxygens (including phenoxy) is 3. The normalized spacial score (nSPS) is 14.6. The molecule has 1 heterocycles. The molecule has 5 nitrogen and oxygen atoms in total. The fourth-order valence-corrected chi connectivity index (χ4v) is 6.51. The Hall–Kier alpha value is -3.14. The summed E-state index contributed by atoms with van der Waals surface area (Å²) in [5.74, 6) is 2.37. The van der Waals surface area contributed by atoms with Crippen LogP contribution in [0.2, 0.25) is 0 Å². The molecule has 0 amide bonds. The highest BCUT2D eigenvalue weighted by Gasteiger charge is 2.34. The van der Waals surface area contributed by atoms with Crippen molar-refractivity contribution in [2.24, 2.45) is 0 Å².